The van der Waals surface area contributed by atoms with Gasteiger partial charge in [0.2, 0.25) is 5.91 Å². The number of nitrogens with one attached hydrogen (secondary N) is 1. The van der Waals surface area contributed by atoms with E-state index in [-0.39, 0.29) is 17.3 Å². The van der Waals surface area contributed by atoms with Crippen LogP contribution in [-0.2, 0) is 22.6 Å². The van der Waals surface area contributed by atoms with E-state index >= 15 is 0 Å². The van der Waals surface area contributed by atoms with Gasteiger partial charge >= 0.3 is 0 Å². The van der Waals surface area contributed by atoms with Crippen molar-refractivity contribution in [1.82, 2.24) is 20.1 Å². The van der Waals surface area contributed by atoms with Crippen LogP contribution in [0.1, 0.15) is 25.3 Å². The molecule has 1 amide bonds. The summed E-state index contributed by atoms with van der Waals surface area (Å²) in [6.07, 6.45) is 2.17. The monoisotopic (exact) mass is 486 g/mol. The van der Waals surface area contributed by atoms with E-state index in [1.807, 2.05) is 55.5 Å². The van der Waals surface area contributed by atoms with E-state index in [9.17, 15) is 4.79 Å². The van der Waals surface area contributed by atoms with Gasteiger partial charge < -0.3 is 14.8 Å². The van der Waals surface area contributed by atoms with Crippen molar-refractivity contribution >= 4 is 29.3 Å². The van der Waals surface area contributed by atoms with Crippen molar-refractivity contribution in [3.8, 4) is 17.1 Å². The summed E-state index contributed by atoms with van der Waals surface area (Å²) in [5, 5.41) is 12.9. The molecule has 2 atom stereocenters. The maximum Gasteiger partial charge on any atom is 0.233 e. The molecule has 2 aromatic carbocycles. The van der Waals surface area contributed by atoms with Crippen molar-refractivity contribution < 1.29 is 14.3 Å². The zero-order chi connectivity index (χ0) is 23.2. The lowest BCUT2D eigenvalue weighted by atomic mass is 10.2. The van der Waals surface area contributed by atoms with Crippen LogP contribution in [0.15, 0.2) is 53.7 Å². The fourth-order valence-electron chi connectivity index (χ4n) is 3.63. The van der Waals surface area contributed by atoms with E-state index in [4.69, 9.17) is 21.1 Å². The van der Waals surface area contributed by atoms with Gasteiger partial charge in [-0.2, -0.15) is 0 Å². The van der Waals surface area contributed by atoms with Crippen LogP contribution in [0.2, 0.25) is 5.02 Å². The Morgan fingerprint density at radius 3 is 2.67 bits per heavy atom. The van der Waals surface area contributed by atoms with E-state index in [1.54, 1.807) is 7.11 Å². The first-order chi connectivity index (χ1) is 16.0. The van der Waals surface area contributed by atoms with Crippen LogP contribution in [0, 0.1) is 0 Å². The van der Waals surface area contributed by atoms with Crippen LogP contribution in [0.4, 0.5) is 0 Å². The Balaban J connectivity index is 1.46. The van der Waals surface area contributed by atoms with Gasteiger partial charge in [-0.3, -0.25) is 9.36 Å². The third kappa shape index (κ3) is 6.07. The van der Waals surface area contributed by atoms with Crippen molar-refractivity contribution in [2.75, 3.05) is 13.7 Å². The van der Waals surface area contributed by atoms with Gasteiger partial charge in [0, 0.05) is 23.7 Å². The van der Waals surface area contributed by atoms with Gasteiger partial charge in [0.1, 0.15) is 5.75 Å². The Morgan fingerprint density at radius 2 is 2.00 bits per heavy atom. The van der Waals surface area contributed by atoms with Gasteiger partial charge in [-0.1, -0.05) is 35.5 Å². The van der Waals surface area contributed by atoms with E-state index in [2.05, 4.69) is 20.1 Å². The molecule has 1 aliphatic rings. The molecule has 33 heavy (non-hydrogen) atoms. The molecule has 0 aliphatic carbocycles. The van der Waals surface area contributed by atoms with Gasteiger partial charge in [-0.15, -0.1) is 10.2 Å². The van der Waals surface area contributed by atoms with Gasteiger partial charge in [0.05, 0.1) is 25.0 Å². The average Bonchev–Trinajstić information content (AvgIpc) is 3.49. The molecular weight excluding hydrogens is 460 g/mol. The lowest BCUT2D eigenvalue weighted by molar-refractivity contribution is -0.120. The summed E-state index contributed by atoms with van der Waals surface area (Å²) < 4.78 is 13.1. The summed E-state index contributed by atoms with van der Waals surface area (Å²) in [5.41, 5.74) is 1.93. The summed E-state index contributed by atoms with van der Waals surface area (Å²) in [4.78, 5) is 12.8. The smallest absolute Gasteiger partial charge is 0.233 e. The number of rotatable bonds is 9. The topological polar surface area (TPSA) is 78.3 Å². The number of benzene rings is 2. The molecule has 0 unspecified atom stereocenters. The van der Waals surface area contributed by atoms with E-state index < -0.39 is 0 Å². The number of nitrogens with zero attached hydrogens (tertiary/aromatic N) is 3. The maximum absolute atomic E-state index is 12.8. The number of aromatic nitrogens is 3. The zero-order valence-corrected chi connectivity index (χ0v) is 20.2. The fourth-order valence-corrected chi connectivity index (χ4v) is 4.64. The lowest BCUT2D eigenvalue weighted by Gasteiger charge is -2.16. The molecule has 0 radical (unpaired) electrons. The lowest BCUT2D eigenvalue weighted by Crippen LogP contribution is -2.30. The highest BCUT2D eigenvalue weighted by atomic mass is 35.5. The highest BCUT2D eigenvalue weighted by Crippen LogP contribution is 2.29. The molecule has 4 rings (SSSR count). The van der Waals surface area contributed by atoms with Crippen molar-refractivity contribution in [1.29, 1.82) is 0 Å². The normalized spacial score (nSPS) is 16.5. The molecule has 1 saturated heterocycles. The molecular formula is C24H27ClN4O3S. The summed E-state index contributed by atoms with van der Waals surface area (Å²) in [5.74, 6) is 1.47. The van der Waals surface area contributed by atoms with Gasteiger partial charge in [-0.05, 0) is 61.7 Å². The first-order valence-corrected chi connectivity index (χ1v) is 12.2. The second-order valence-corrected chi connectivity index (χ2v) is 9.63. The van der Waals surface area contributed by atoms with Gasteiger partial charge in [0.25, 0.3) is 0 Å². The molecule has 2 heterocycles. The Labute approximate surface area is 202 Å². The number of carbonyl (C=O) groups excluding carboxylic acids is 1. The third-order valence-electron chi connectivity index (χ3n) is 5.51. The quantitative estimate of drug-likeness (QED) is 0.446. The van der Waals surface area contributed by atoms with Crippen LogP contribution in [0.3, 0.4) is 0 Å². The minimum Gasteiger partial charge on any atom is -0.497 e. The first kappa shape index (κ1) is 23.6. The fraction of sp³-hybridized carbons (Fsp3) is 0.375. The van der Waals surface area contributed by atoms with Crippen LogP contribution in [-0.4, -0.2) is 45.7 Å². The number of methoxy groups -OCH3 is 1. The second-order valence-electron chi connectivity index (χ2n) is 7.88. The third-order valence-corrected chi connectivity index (χ3v) is 6.84. The molecule has 7 nitrogen and oxygen atoms in total. The number of thioether (sulfide) groups is 1. The number of ether oxygens (including phenoxy) is 2. The summed E-state index contributed by atoms with van der Waals surface area (Å²) in [6, 6.07) is 15.2. The first-order valence-electron chi connectivity index (χ1n) is 10.9. The molecule has 1 aliphatic heterocycles. The number of hydrogen-bond acceptors (Lipinski definition) is 6. The van der Waals surface area contributed by atoms with Gasteiger partial charge in [-0.25, -0.2) is 0 Å². The summed E-state index contributed by atoms with van der Waals surface area (Å²) in [6.45, 7) is 3.75. The van der Waals surface area contributed by atoms with Crippen molar-refractivity contribution in [2.24, 2.45) is 0 Å². The van der Waals surface area contributed by atoms with Crippen LogP contribution in [0.25, 0.3) is 11.4 Å². The molecule has 0 saturated carbocycles. The number of hydrogen-bond donors (Lipinski definition) is 1. The van der Waals surface area contributed by atoms with Crippen LogP contribution in [0.5, 0.6) is 5.75 Å². The number of amides is 1. The molecule has 3 aromatic rings. The number of halogens is 1. The number of carbonyl (C=O) groups is 1. The average molecular weight is 487 g/mol. The van der Waals surface area contributed by atoms with Crippen LogP contribution >= 0.6 is 23.4 Å². The molecule has 174 valence electrons. The zero-order valence-electron chi connectivity index (χ0n) is 18.7. The standard InChI is InChI=1S/C24H27ClN4O3S/c1-16(23(30)26-14-17-5-11-20(31-2)12-6-17)33-24-28-27-22(18-7-9-19(25)10-8-18)29(24)15-21-4-3-13-32-21/h5-12,16,21H,3-4,13-15H2,1-2H3,(H,26,30)/t16-,21+/m0/s1. The minimum atomic E-state index is -0.339. The molecule has 0 bridgehead atoms. The molecule has 1 fully saturated rings. The largest absolute Gasteiger partial charge is 0.497 e. The Morgan fingerprint density at radius 1 is 1.24 bits per heavy atom. The van der Waals surface area contributed by atoms with E-state index in [0.717, 1.165) is 42.1 Å². The summed E-state index contributed by atoms with van der Waals surface area (Å²) >= 11 is 7.45. The predicted octanol–water partition coefficient (Wildman–Crippen LogP) is 4.58. The molecule has 1 aromatic heterocycles. The van der Waals surface area contributed by atoms with E-state index in [0.29, 0.717) is 23.3 Å². The molecule has 0 spiro atoms. The molecule has 1 N–H and O–H groups in total. The Kier molecular flexibility index (Phi) is 7.90. The highest BCUT2D eigenvalue weighted by molar-refractivity contribution is 8.00. The highest BCUT2D eigenvalue weighted by Gasteiger charge is 2.24. The predicted molar refractivity (Wildman–Crippen MR) is 130 cm³/mol. The second kappa shape index (κ2) is 11.0. The molecule has 9 heteroatoms. The SMILES string of the molecule is COc1ccc(CNC(=O)[C@H](C)Sc2nnc(-c3ccc(Cl)cc3)n2C[C@H]2CCCO2)cc1. The summed E-state index contributed by atoms with van der Waals surface area (Å²) in [7, 11) is 1.63. The van der Waals surface area contributed by atoms with Crippen molar-refractivity contribution in [2.45, 2.75) is 49.4 Å². The van der Waals surface area contributed by atoms with Crippen molar-refractivity contribution in [3.05, 3.63) is 59.1 Å². The van der Waals surface area contributed by atoms with E-state index in [1.165, 1.54) is 11.8 Å². The minimum absolute atomic E-state index is 0.0597. The Hall–Kier alpha value is -2.55. The maximum atomic E-state index is 12.8. The van der Waals surface area contributed by atoms with Crippen molar-refractivity contribution in [3.63, 3.8) is 0 Å². The van der Waals surface area contributed by atoms with Crippen LogP contribution < -0.4 is 10.1 Å². The van der Waals surface area contributed by atoms with Gasteiger partial charge in [0.15, 0.2) is 11.0 Å². The Bertz CT molecular complexity index is 1070.